The lowest BCUT2D eigenvalue weighted by Crippen LogP contribution is -2.30. The van der Waals surface area contributed by atoms with Crippen molar-refractivity contribution in [1.82, 2.24) is 5.32 Å². The Morgan fingerprint density at radius 3 is 2.19 bits per heavy atom. The fourth-order valence-corrected chi connectivity index (χ4v) is 1.77. The fourth-order valence-electron chi connectivity index (χ4n) is 1.77. The Bertz CT molecular complexity index is 581. The highest BCUT2D eigenvalue weighted by atomic mass is 16.5. The highest BCUT2D eigenvalue weighted by molar-refractivity contribution is 5.99. The molecule has 0 saturated carbocycles. The predicted octanol–water partition coefficient (Wildman–Crippen LogP) is 2.45. The van der Waals surface area contributed by atoms with Gasteiger partial charge in [0, 0.05) is 5.56 Å². The Morgan fingerprint density at radius 2 is 1.52 bits per heavy atom. The number of para-hydroxylation sites is 1. The number of hydrogen-bond donors (Lipinski definition) is 1. The number of hydrogen-bond acceptors (Lipinski definition) is 3. The molecule has 0 saturated heterocycles. The van der Waals surface area contributed by atoms with Crippen molar-refractivity contribution in [2.75, 3.05) is 13.2 Å². The minimum Gasteiger partial charge on any atom is -0.493 e. The molecule has 0 aliphatic rings. The Labute approximate surface area is 123 Å². The molecule has 2 rings (SSSR count). The molecular formula is C17H17NO3. The number of ketones is 1. The minimum absolute atomic E-state index is 0.00812. The van der Waals surface area contributed by atoms with Gasteiger partial charge < -0.3 is 10.1 Å². The molecule has 0 bridgehead atoms. The van der Waals surface area contributed by atoms with Gasteiger partial charge in [-0.25, -0.2) is 0 Å². The van der Waals surface area contributed by atoms with Gasteiger partial charge in [0.15, 0.2) is 5.78 Å². The Morgan fingerprint density at radius 1 is 0.905 bits per heavy atom. The summed E-state index contributed by atoms with van der Waals surface area (Å²) in [4.78, 5) is 23.4. The fraction of sp³-hybridized carbons (Fsp3) is 0.176. The molecule has 1 N–H and O–H groups in total. The van der Waals surface area contributed by atoms with E-state index in [2.05, 4.69) is 5.32 Å². The van der Waals surface area contributed by atoms with Crippen molar-refractivity contribution in [2.45, 2.75) is 6.42 Å². The van der Waals surface area contributed by atoms with Gasteiger partial charge in [-0.2, -0.15) is 0 Å². The molecule has 0 aliphatic heterocycles. The largest absolute Gasteiger partial charge is 0.493 e. The zero-order valence-corrected chi connectivity index (χ0v) is 11.6. The SMILES string of the molecule is O=C(CCOc1ccccc1)NCC(=O)c1ccccc1. The summed E-state index contributed by atoms with van der Waals surface area (Å²) in [5, 5.41) is 2.60. The number of ether oxygens (including phenoxy) is 1. The average molecular weight is 283 g/mol. The van der Waals surface area contributed by atoms with E-state index in [0.717, 1.165) is 5.75 Å². The zero-order valence-electron chi connectivity index (χ0n) is 11.6. The van der Waals surface area contributed by atoms with Crippen LogP contribution in [0.25, 0.3) is 0 Å². The summed E-state index contributed by atoms with van der Waals surface area (Å²) in [7, 11) is 0. The molecule has 0 spiro atoms. The minimum atomic E-state index is -0.199. The van der Waals surface area contributed by atoms with E-state index in [1.807, 2.05) is 36.4 Å². The van der Waals surface area contributed by atoms with Gasteiger partial charge in [0.1, 0.15) is 5.75 Å². The van der Waals surface area contributed by atoms with Crippen molar-refractivity contribution in [1.29, 1.82) is 0 Å². The Kier molecular flexibility index (Phi) is 5.52. The van der Waals surface area contributed by atoms with Gasteiger partial charge in [0.2, 0.25) is 5.91 Å². The van der Waals surface area contributed by atoms with Crippen LogP contribution in [0, 0.1) is 0 Å². The first-order chi connectivity index (χ1) is 10.3. The van der Waals surface area contributed by atoms with Crippen LogP contribution in [-0.4, -0.2) is 24.8 Å². The molecule has 0 heterocycles. The van der Waals surface area contributed by atoms with Crippen LogP contribution in [0.5, 0.6) is 5.75 Å². The van der Waals surface area contributed by atoms with Gasteiger partial charge in [-0.05, 0) is 12.1 Å². The van der Waals surface area contributed by atoms with E-state index in [9.17, 15) is 9.59 Å². The summed E-state index contributed by atoms with van der Waals surface area (Å²) in [5.41, 5.74) is 0.596. The van der Waals surface area contributed by atoms with Crippen molar-refractivity contribution < 1.29 is 14.3 Å². The maximum atomic E-state index is 11.8. The van der Waals surface area contributed by atoms with Crippen molar-refractivity contribution >= 4 is 11.7 Å². The van der Waals surface area contributed by atoms with Gasteiger partial charge in [-0.3, -0.25) is 9.59 Å². The molecule has 0 fully saturated rings. The highest BCUT2D eigenvalue weighted by Gasteiger charge is 2.07. The van der Waals surface area contributed by atoms with Gasteiger partial charge in [-0.15, -0.1) is 0 Å². The smallest absolute Gasteiger partial charge is 0.223 e. The van der Waals surface area contributed by atoms with Gasteiger partial charge in [0.25, 0.3) is 0 Å². The first-order valence-corrected chi connectivity index (χ1v) is 6.78. The number of nitrogens with one attached hydrogen (secondary N) is 1. The third-order valence-corrected chi connectivity index (χ3v) is 2.88. The normalized spacial score (nSPS) is 9.90. The van der Waals surface area contributed by atoms with Gasteiger partial charge >= 0.3 is 0 Å². The number of carbonyl (C=O) groups is 2. The molecule has 2 aromatic rings. The van der Waals surface area contributed by atoms with E-state index in [1.165, 1.54) is 0 Å². The summed E-state index contributed by atoms with van der Waals surface area (Å²) in [6.45, 7) is 0.295. The van der Waals surface area contributed by atoms with Crippen LogP contribution in [0.1, 0.15) is 16.8 Å². The van der Waals surface area contributed by atoms with Crippen molar-refractivity contribution in [2.24, 2.45) is 0 Å². The molecule has 0 radical (unpaired) electrons. The molecular weight excluding hydrogens is 266 g/mol. The number of amides is 1. The van der Waals surface area contributed by atoms with Crippen LogP contribution < -0.4 is 10.1 Å². The molecule has 4 heteroatoms. The molecule has 4 nitrogen and oxygen atoms in total. The van der Waals surface area contributed by atoms with Crippen LogP contribution in [0.3, 0.4) is 0 Å². The topological polar surface area (TPSA) is 55.4 Å². The van der Waals surface area contributed by atoms with Crippen molar-refractivity contribution in [3.05, 3.63) is 66.2 Å². The standard InChI is InChI=1S/C17H17NO3/c19-16(14-7-3-1-4-8-14)13-18-17(20)11-12-21-15-9-5-2-6-10-15/h1-10H,11-13H2,(H,18,20). The lowest BCUT2D eigenvalue weighted by atomic mass is 10.1. The van der Waals surface area contributed by atoms with Gasteiger partial charge in [0.05, 0.1) is 19.6 Å². The summed E-state index contributed by atoms with van der Waals surface area (Å²) in [6, 6.07) is 18.2. The number of carbonyl (C=O) groups excluding carboxylic acids is 2. The van der Waals surface area contributed by atoms with Crippen LogP contribution in [0.15, 0.2) is 60.7 Å². The first-order valence-electron chi connectivity index (χ1n) is 6.78. The maximum absolute atomic E-state index is 11.8. The Hall–Kier alpha value is -2.62. The van der Waals surface area contributed by atoms with E-state index < -0.39 is 0 Å². The predicted molar refractivity (Wildman–Crippen MR) is 80.3 cm³/mol. The van der Waals surface area contributed by atoms with Crippen LogP contribution in [-0.2, 0) is 4.79 Å². The zero-order chi connectivity index (χ0) is 14.9. The van der Waals surface area contributed by atoms with E-state index in [0.29, 0.717) is 5.56 Å². The molecule has 2 aromatic carbocycles. The monoisotopic (exact) mass is 283 g/mol. The first kappa shape index (κ1) is 14.8. The second-order valence-corrected chi connectivity index (χ2v) is 4.48. The lowest BCUT2D eigenvalue weighted by Gasteiger charge is -2.07. The number of benzene rings is 2. The van der Waals surface area contributed by atoms with Gasteiger partial charge in [-0.1, -0.05) is 48.5 Å². The van der Waals surface area contributed by atoms with Crippen LogP contribution in [0.4, 0.5) is 0 Å². The molecule has 21 heavy (non-hydrogen) atoms. The molecule has 1 amide bonds. The quantitative estimate of drug-likeness (QED) is 0.794. The van der Waals surface area contributed by atoms with E-state index in [-0.39, 0.29) is 31.3 Å². The van der Waals surface area contributed by atoms with Crippen molar-refractivity contribution in [3.8, 4) is 5.75 Å². The third kappa shape index (κ3) is 5.10. The summed E-state index contributed by atoms with van der Waals surface area (Å²) >= 11 is 0. The summed E-state index contributed by atoms with van der Waals surface area (Å²) in [6.07, 6.45) is 0.219. The second-order valence-electron chi connectivity index (χ2n) is 4.48. The second kappa shape index (κ2) is 7.85. The maximum Gasteiger partial charge on any atom is 0.223 e. The summed E-state index contributed by atoms with van der Waals surface area (Å²) < 4.78 is 5.42. The molecule has 0 aliphatic carbocycles. The Balaban J connectivity index is 1.67. The average Bonchev–Trinajstić information content (AvgIpc) is 2.54. The molecule has 0 aromatic heterocycles. The molecule has 0 atom stereocenters. The van der Waals surface area contributed by atoms with Crippen LogP contribution >= 0.6 is 0 Å². The highest BCUT2D eigenvalue weighted by Crippen LogP contribution is 2.08. The third-order valence-electron chi connectivity index (χ3n) is 2.88. The molecule has 108 valence electrons. The summed E-state index contributed by atoms with van der Waals surface area (Å²) in [5.74, 6) is 0.425. The number of rotatable bonds is 7. The molecule has 0 unspecified atom stereocenters. The van der Waals surface area contributed by atoms with Crippen molar-refractivity contribution in [3.63, 3.8) is 0 Å². The lowest BCUT2D eigenvalue weighted by molar-refractivity contribution is -0.121. The van der Waals surface area contributed by atoms with Crippen LogP contribution in [0.2, 0.25) is 0 Å². The van der Waals surface area contributed by atoms with E-state index >= 15 is 0 Å². The van der Waals surface area contributed by atoms with E-state index in [4.69, 9.17) is 4.74 Å². The van der Waals surface area contributed by atoms with E-state index in [1.54, 1.807) is 24.3 Å². The number of Topliss-reactive ketones (excluding diaryl/α,β-unsaturated/α-hetero) is 1.